The molecule has 5 heteroatoms. The maximum atomic E-state index is 12.3. The zero-order valence-electron chi connectivity index (χ0n) is 11.8. The Morgan fingerprint density at radius 1 is 1.47 bits per heavy atom. The van der Waals surface area contributed by atoms with Crippen molar-refractivity contribution in [3.8, 4) is 0 Å². The molecular weight excluding hydrogens is 240 g/mol. The van der Waals surface area contributed by atoms with E-state index in [1.807, 2.05) is 36.8 Å². The van der Waals surface area contributed by atoms with Crippen LogP contribution in [-0.4, -0.2) is 47.0 Å². The van der Waals surface area contributed by atoms with E-state index < -0.39 is 0 Å². The van der Waals surface area contributed by atoms with Crippen molar-refractivity contribution in [1.82, 2.24) is 14.9 Å². The van der Waals surface area contributed by atoms with E-state index in [4.69, 9.17) is 0 Å². The first-order valence-corrected chi connectivity index (χ1v) is 6.47. The number of likely N-dealkylation sites (tertiary alicyclic amines) is 1. The van der Waals surface area contributed by atoms with Crippen LogP contribution < -0.4 is 4.90 Å². The van der Waals surface area contributed by atoms with Crippen molar-refractivity contribution >= 4 is 11.9 Å². The average Bonchev–Trinajstić information content (AvgIpc) is 2.70. The summed E-state index contributed by atoms with van der Waals surface area (Å²) in [5.74, 6) is 0.751. The molecule has 0 spiro atoms. The Hall–Kier alpha value is -1.91. The highest BCUT2D eigenvalue weighted by molar-refractivity contribution is 5.86. The lowest BCUT2D eigenvalue weighted by Gasteiger charge is -2.24. The molecule has 0 aliphatic carbocycles. The molecule has 0 saturated carbocycles. The minimum atomic E-state index is -0.166. The molecular formula is C14H20N4O. The fraction of sp³-hybridized carbons (Fsp3) is 0.500. The molecule has 102 valence electrons. The van der Waals surface area contributed by atoms with Crippen LogP contribution in [0.1, 0.15) is 17.8 Å². The normalized spacial score (nSPS) is 18.8. The monoisotopic (exact) mass is 260 g/mol. The maximum Gasteiger partial charge on any atom is 0.245 e. The molecule has 1 aromatic rings. The van der Waals surface area contributed by atoms with Gasteiger partial charge in [0.1, 0.15) is 6.04 Å². The van der Waals surface area contributed by atoms with E-state index in [9.17, 15) is 4.79 Å². The van der Waals surface area contributed by atoms with Crippen molar-refractivity contribution in [3.63, 3.8) is 0 Å². The zero-order valence-corrected chi connectivity index (χ0v) is 11.8. The number of hydrogen-bond donors (Lipinski definition) is 0. The summed E-state index contributed by atoms with van der Waals surface area (Å²) in [6.07, 6.45) is 2.56. The first kappa shape index (κ1) is 13.5. The number of nitrogens with zero attached hydrogens (tertiary/aromatic N) is 4. The molecule has 0 bridgehead atoms. The van der Waals surface area contributed by atoms with Gasteiger partial charge in [0.15, 0.2) is 0 Å². The predicted molar refractivity (Wildman–Crippen MR) is 75.1 cm³/mol. The number of carbonyl (C=O) groups excluding carboxylic acids is 1. The van der Waals surface area contributed by atoms with Crippen LogP contribution in [0.15, 0.2) is 18.7 Å². The first-order chi connectivity index (χ1) is 9.02. The van der Waals surface area contributed by atoms with Gasteiger partial charge in [-0.05, 0) is 26.3 Å². The van der Waals surface area contributed by atoms with Crippen LogP contribution in [-0.2, 0) is 4.79 Å². The molecule has 1 atom stereocenters. The number of rotatable bonds is 4. The standard InChI is InChI=1S/C14H20N4O/c1-5-7-18-8-6-12(13(18)19)17(4)14-15-10(2)9-11(3)16-14/h5,9,12H,1,6-8H2,2-4H3/t12-/m0/s1. The lowest BCUT2D eigenvalue weighted by atomic mass is 10.2. The fourth-order valence-corrected chi connectivity index (χ4v) is 2.42. The number of amides is 1. The SMILES string of the molecule is C=CCN1CC[C@H](N(C)c2nc(C)cc(C)n2)C1=O. The molecule has 1 fully saturated rings. The largest absolute Gasteiger partial charge is 0.337 e. The fourth-order valence-electron chi connectivity index (χ4n) is 2.42. The van der Waals surface area contributed by atoms with Crippen LogP contribution in [0.4, 0.5) is 5.95 Å². The summed E-state index contributed by atoms with van der Waals surface area (Å²) in [5, 5.41) is 0. The van der Waals surface area contributed by atoms with E-state index in [0.717, 1.165) is 24.4 Å². The molecule has 0 N–H and O–H groups in total. The number of aryl methyl sites for hydroxylation is 2. The van der Waals surface area contributed by atoms with Crippen LogP contribution in [0.3, 0.4) is 0 Å². The molecule has 1 aromatic heterocycles. The zero-order chi connectivity index (χ0) is 14.0. The van der Waals surface area contributed by atoms with Crippen LogP contribution in [0.2, 0.25) is 0 Å². The topological polar surface area (TPSA) is 49.3 Å². The molecule has 0 aromatic carbocycles. The van der Waals surface area contributed by atoms with Gasteiger partial charge in [0, 0.05) is 31.5 Å². The van der Waals surface area contributed by atoms with Gasteiger partial charge in [-0.25, -0.2) is 9.97 Å². The molecule has 1 saturated heterocycles. The third-order valence-corrected chi connectivity index (χ3v) is 3.37. The van der Waals surface area contributed by atoms with Crippen molar-refractivity contribution in [2.75, 3.05) is 25.0 Å². The van der Waals surface area contributed by atoms with Crippen molar-refractivity contribution in [1.29, 1.82) is 0 Å². The minimum Gasteiger partial charge on any atom is -0.337 e. The lowest BCUT2D eigenvalue weighted by Crippen LogP contribution is -2.40. The Labute approximate surface area is 114 Å². The minimum absolute atomic E-state index is 0.130. The Bertz CT molecular complexity index is 480. The third-order valence-electron chi connectivity index (χ3n) is 3.37. The molecule has 1 amide bonds. The van der Waals surface area contributed by atoms with Gasteiger partial charge >= 0.3 is 0 Å². The molecule has 2 heterocycles. The Balaban J connectivity index is 2.18. The van der Waals surface area contributed by atoms with Crippen LogP contribution >= 0.6 is 0 Å². The van der Waals surface area contributed by atoms with Gasteiger partial charge in [-0.2, -0.15) is 0 Å². The lowest BCUT2D eigenvalue weighted by molar-refractivity contribution is -0.128. The summed E-state index contributed by atoms with van der Waals surface area (Å²) in [6, 6.07) is 1.76. The van der Waals surface area contributed by atoms with Gasteiger partial charge in [-0.3, -0.25) is 4.79 Å². The summed E-state index contributed by atoms with van der Waals surface area (Å²) >= 11 is 0. The van der Waals surface area contributed by atoms with Gasteiger partial charge in [0.25, 0.3) is 0 Å². The Kier molecular flexibility index (Phi) is 3.83. The van der Waals surface area contributed by atoms with E-state index in [1.165, 1.54) is 0 Å². The van der Waals surface area contributed by atoms with Crippen LogP contribution in [0.25, 0.3) is 0 Å². The molecule has 0 unspecified atom stereocenters. The quantitative estimate of drug-likeness (QED) is 0.766. The third kappa shape index (κ3) is 2.75. The van der Waals surface area contributed by atoms with Crippen LogP contribution in [0, 0.1) is 13.8 Å². The summed E-state index contributed by atoms with van der Waals surface area (Å²) < 4.78 is 0. The smallest absolute Gasteiger partial charge is 0.245 e. The molecule has 0 radical (unpaired) electrons. The van der Waals surface area contributed by atoms with Gasteiger partial charge in [-0.1, -0.05) is 6.08 Å². The van der Waals surface area contributed by atoms with E-state index >= 15 is 0 Å². The Morgan fingerprint density at radius 2 is 2.11 bits per heavy atom. The second-order valence-corrected chi connectivity index (χ2v) is 4.94. The Morgan fingerprint density at radius 3 is 2.68 bits per heavy atom. The van der Waals surface area contributed by atoms with E-state index in [2.05, 4.69) is 16.5 Å². The van der Waals surface area contributed by atoms with Gasteiger partial charge in [-0.15, -0.1) is 6.58 Å². The number of aromatic nitrogens is 2. The second kappa shape index (κ2) is 5.38. The highest BCUT2D eigenvalue weighted by Gasteiger charge is 2.34. The number of anilines is 1. The average molecular weight is 260 g/mol. The summed E-state index contributed by atoms with van der Waals surface area (Å²) in [5.41, 5.74) is 1.84. The van der Waals surface area contributed by atoms with Crippen LogP contribution in [0.5, 0.6) is 0 Å². The van der Waals surface area contributed by atoms with Crippen molar-refractivity contribution in [2.24, 2.45) is 0 Å². The molecule has 19 heavy (non-hydrogen) atoms. The maximum absolute atomic E-state index is 12.3. The second-order valence-electron chi connectivity index (χ2n) is 4.94. The predicted octanol–water partition coefficient (Wildman–Crippen LogP) is 1.32. The number of carbonyl (C=O) groups is 1. The summed E-state index contributed by atoms with van der Waals surface area (Å²) in [4.78, 5) is 24.8. The van der Waals surface area contributed by atoms with Gasteiger partial charge in [0.2, 0.25) is 11.9 Å². The summed E-state index contributed by atoms with van der Waals surface area (Å²) in [6.45, 7) is 8.93. The molecule has 1 aliphatic rings. The van der Waals surface area contributed by atoms with Gasteiger partial charge in [0.05, 0.1) is 0 Å². The first-order valence-electron chi connectivity index (χ1n) is 6.47. The molecule has 1 aliphatic heterocycles. The van der Waals surface area contributed by atoms with Crippen molar-refractivity contribution < 1.29 is 4.79 Å². The molecule has 5 nitrogen and oxygen atoms in total. The van der Waals surface area contributed by atoms with Crippen molar-refractivity contribution in [3.05, 3.63) is 30.1 Å². The van der Waals surface area contributed by atoms with Crippen molar-refractivity contribution in [2.45, 2.75) is 26.3 Å². The van der Waals surface area contributed by atoms with E-state index in [1.54, 1.807) is 6.08 Å². The highest BCUT2D eigenvalue weighted by atomic mass is 16.2. The van der Waals surface area contributed by atoms with E-state index in [-0.39, 0.29) is 11.9 Å². The van der Waals surface area contributed by atoms with Gasteiger partial charge < -0.3 is 9.80 Å². The number of likely N-dealkylation sites (N-methyl/N-ethyl adjacent to an activating group) is 1. The van der Waals surface area contributed by atoms with E-state index in [0.29, 0.717) is 12.5 Å². The molecule has 2 rings (SSSR count). The summed E-state index contributed by atoms with van der Waals surface area (Å²) in [7, 11) is 1.88. The highest BCUT2D eigenvalue weighted by Crippen LogP contribution is 2.20. The number of hydrogen-bond acceptors (Lipinski definition) is 4.